The molecule has 0 heterocycles. The van der Waals surface area contributed by atoms with Crippen molar-refractivity contribution in [3.8, 4) is 11.5 Å². The molecule has 0 unspecified atom stereocenters. The van der Waals surface area contributed by atoms with Gasteiger partial charge in [0, 0.05) is 15.7 Å². The summed E-state index contributed by atoms with van der Waals surface area (Å²) in [6, 6.07) is 15.3. The summed E-state index contributed by atoms with van der Waals surface area (Å²) in [6.07, 6.45) is 1.89. The summed E-state index contributed by atoms with van der Waals surface area (Å²) in [7, 11) is 0. The Hall–Kier alpha value is -1.38. The molecule has 2 aromatic rings. The second-order valence-corrected chi connectivity index (χ2v) is 5.16. The van der Waals surface area contributed by atoms with Crippen molar-refractivity contribution in [3.63, 3.8) is 0 Å². The van der Waals surface area contributed by atoms with Crippen LogP contribution in [0.15, 0.2) is 66.1 Å². The van der Waals surface area contributed by atoms with E-state index in [-0.39, 0.29) is 0 Å². The van der Waals surface area contributed by atoms with Gasteiger partial charge in [-0.3, -0.25) is 0 Å². The highest BCUT2D eigenvalue weighted by Gasteiger charge is 1.98. The van der Waals surface area contributed by atoms with Gasteiger partial charge in [-0.2, -0.15) is 0 Å². The molecular weight excluding hydrogens is 264 g/mol. The Morgan fingerprint density at radius 2 is 1.56 bits per heavy atom. The zero-order chi connectivity index (χ0) is 12.8. The first kappa shape index (κ1) is 13.1. The van der Waals surface area contributed by atoms with Crippen molar-refractivity contribution in [2.45, 2.75) is 4.90 Å². The van der Waals surface area contributed by atoms with Crippen molar-refractivity contribution in [2.75, 3.05) is 5.75 Å². The first-order chi connectivity index (χ1) is 8.78. The van der Waals surface area contributed by atoms with Gasteiger partial charge in [0.15, 0.2) is 0 Å². The predicted octanol–water partition coefficient (Wildman–Crippen LogP) is 5.41. The van der Waals surface area contributed by atoms with Crippen LogP contribution < -0.4 is 4.74 Å². The second-order valence-electron chi connectivity index (χ2n) is 3.63. The smallest absolute Gasteiger partial charge is 0.127 e. The molecule has 2 aromatic carbocycles. The molecule has 0 atom stereocenters. The third kappa shape index (κ3) is 3.83. The van der Waals surface area contributed by atoms with Crippen molar-refractivity contribution < 1.29 is 4.74 Å². The van der Waals surface area contributed by atoms with Gasteiger partial charge in [0.2, 0.25) is 0 Å². The standard InChI is InChI=1S/C15H13ClOS/c1-2-11-18-15-9-7-14(8-10-15)17-13-5-3-12(16)4-6-13/h2-10H,1,11H2. The van der Waals surface area contributed by atoms with E-state index in [0.29, 0.717) is 5.02 Å². The molecule has 0 amide bonds. The summed E-state index contributed by atoms with van der Waals surface area (Å²) in [6.45, 7) is 3.70. The van der Waals surface area contributed by atoms with Crippen LogP contribution in [0.3, 0.4) is 0 Å². The zero-order valence-corrected chi connectivity index (χ0v) is 11.4. The Bertz CT molecular complexity index is 505. The summed E-state index contributed by atoms with van der Waals surface area (Å²) >= 11 is 7.56. The number of thioether (sulfide) groups is 1. The van der Waals surface area contributed by atoms with Crippen molar-refractivity contribution in [2.24, 2.45) is 0 Å². The number of benzene rings is 2. The maximum Gasteiger partial charge on any atom is 0.127 e. The van der Waals surface area contributed by atoms with Crippen LogP contribution in [0.2, 0.25) is 5.02 Å². The Morgan fingerprint density at radius 3 is 2.11 bits per heavy atom. The average molecular weight is 277 g/mol. The monoisotopic (exact) mass is 276 g/mol. The van der Waals surface area contributed by atoms with Crippen LogP contribution in [0.4, 0.5) is 0 Å². The molecule has 18 heavy (non-hydrogen) atoms. The number of halogens is 1. The maximum atomic E-state index is 5.82. The van der Waals surface area contributed by atoms with Gasteiger partial charge >= 0.3 is 0 Å². The number of rotatable bonds is 5. The van der Waals surface area contributed by atoms with Gasteiger partial charge in [-0.05, 0) is 48.5 Å². The number of hydrogen-bond acceptors (Lipinski definition) is 2. The van der Waals surface area contributed by atoms with Gasteiger partial charge in [-0.15, -0.1) is 18.3 Å². The molecule has 2 rings (SSSR count). The van der Waals surface area contributed by atoms with E-state index < -0.39 is 0 Å². The van der Waals surface area contributed by atoms with E-state index in [0.717, 1.165) is 17.3 Å². The van der Waals surface area contributed by atoms with Crippen LogP contribution in [-0.2, 0) is 0 Å². The maximum absolute atomic E-state index is 5.82. The predicted molar refractivity (Wildman–Crippen MR) is 78.9 cm³/mol. The highest BCUT2D eigenvalue weighted by molar-refractivity contribution is 7.99. The summed E-state index contributed by atoms with van der Waals surface area (Å²) < 4.78 is 5.70. The molecule has 0 saturated carbocycles. The van der Waals surface area contributed by atoms with E-state index in [2.05, 4.69) is 6.58 Å². The molecule has 0 aromatic heterocycles. The fraction of sp³-hybridized carbons (Fsp3) is 0.0667. The SMILES string of the molecule is C=CCSc1ccc(Oc2ccc(Cl)cc2)cc1. The molecule has 1 nitrogen and oxygen atoms in total. The molecule has 0 aliphatic carbocycles. The quantitative estimate of drug-likeness (QED) is 0.533. The van der Waals surface area contributed by atoms with Crippen LogP contribution in [-0.4, -0.2) is 5.75 Å². The third-order valence-electron chi connectivity index (χ3n) is 2.24. The van der Waals surface area contributed by atoms with E-state index >= 15 is 0 Å². The lowest BCUT2D eigenvalue weighted by atomic mass is 10.3. The first-order valence-corrected chi connectivity index (χ1v) is 6.91. The van der Waals surface area contributed by atoms with E-state index in [1.165, 1.54) is 4.90 Å². The number of ether oxygens (including phenoxy) is 1. The van der Waals surface area contributed by atoms with Gasteiger partial charge in [-0.25, -0.2) is 0 Å². The fourth-order valence-corrected chi connectivity index (χ4v) is 2.16. The second kappa shape index (κ2) is 6.53. The molecule has 3 heteroatoms. The highest BCUT2D eigenvalue weighted by atomic mass is 35.5. The minimum Gasteiger partial charge on any atom is -0.457 e. The van der Waals surface area contributed by atoms with Gasteiger partial charge in [0.05, 0.1) is 0 Å². The summed E-state index contributed by atoms with van der Waals surface area (Å²) in [5.41, 5.74) is 0. The molecule has 0 fully saturated rings. The zero-order valence-electron chi connectivity index (χ0n) is 9.80. The molecule has 92 valence electrons. The fourth-order valence-electron chi connectivity index (χ4n) is 1.40. The van der Waals surface area contributed by atoms with Gasteiger partial charge < -0.3 is 4.74 Å². The molecular formula is C15H13ClOS. The Kier molecular flexibility index (Phi) is 4.73. The van der Waals surface area contributed by atoms with Gasteiger partial charge in [0.1, 0.15) is 11.5 Å². The molecule has 0 aliphatic heterocycles. The Labute approximate surface area is 116 Å². The van der Waals surface area contributed by atoms with Crippen LogP contribution in [0.25, 0.3) is 0 Å². The topological polar surface area (TPSA) is 9.23 Å². The minimum atomic E-state index is 0.707. The van der Waals surface area contributed by atoms with Crippen molar-refractivity contribution in [3.05, 3.63) is 66.2 Å². The highest BCUT2D eigenvalue weighted by Crippen LogP contribution is 2.26. The molecule has 0 aliphatic rings. The summed E-state index contributed by atoms with van der Waals surface area (Å²) in [5, 5.41) is 0.707. The summed E-state index contributed by atoms with van der Waals surface area (Å²) in [5.74, 6) is 2.52. The van der Waals surface area contributed by atoms with Crippen LogP contribution >= 0.6 is 23.4 Å². The number of hydrogen-bond donors (Lipinski definition) is 0. The van der Waals surface area contributed by atoms with Gasteiger partial charge in [0.25, 0.3) is 0 Å². The largest absolute Gasteiger partial charge is 0.457 e. The lowest BCUT2D eigenvalue weighted by Crippen LogP contribution is -1.83. The van der Waals surface area contributed by atoms with E-state index in [9.17, 15) is 0 Å². The summed E-state index contributed by atoms with van der Waals surface area (Å²) in [4.78, 5) is 1.21. The van der Waals surface area contributed by atoms with Gasteiger partial charge in [-0.1, -0.05) is 17.7 Å². The van der Waals surface area contributed by atoms with E-state index in [4.69, 9.17) is 16.3 Å². The lowest BCUT2D eigenvalue weighted by Gasteiger charge is -2.06. The van der Waals surface area contributed by atoms with Crippen LogP contribution in [0.1, 0.15) is 0 Å². The normalized spacial score (nSPS) is 10.1. The van der Waals surface area contributed by atoms with Crippen molar-refractivity contribution in [1.82, 2.24) is 0 Å². The van der Waals surface area contributed by atoms with E-state index in [1.54, 1.807) is 11.8 Å². The third-order valence-corrected chi connectivity index (χ3v) is 3.50. The molecule has 0 N–H and O–H groups in total. The minimum absolute atomic E-state index is 0.707. The van der Waals surface area contributed by atoms with Crippen molar-refractivity contribution in [1.29, 1.82) is 0 Å². The Morgan fingerprint density at radius 1 is 1.00 bits per heavy atom. The van der Waals surface area contributed by atoms with Crippen molar-refractivity contribution >= 4 is 23.4 Å². The molecule has 0 spiro atoms. The van der Waals surface area contributed by atoms with E-state index in [1.807, 2.05) is 54.6 Å². The average Bonchev–Trinajstić information content (AvgIpc) is 2.41. The van der Waals surface area contributed by atoms with Crippen LogP contribution in [0.5, 0.6) is 11.5 Å². The first-order valence-electron chi connectivity index (χ1n) is 5.55. The molecule has 0 radical (unpaired) electrons. The molecule has 0 saturated heterocycles. The molecule has 0 bridgehead atoms. The van der Waals surface area contributed by atoms with Crippen LogP contribution in [0, 0.1) is 0 Å². The Balaban J connectivity index is 2.01. The lowest BCUT2D eigenvalue weighted by molar-refractivity contribution is 0.482.